The number of rotatable bonds is 2. The van der Waals surface area contributed by atoms with E-state index >= 15 is 0 Å². The van der Waals surface area contributed by atoms with Gasteiger partial charge in [0.15, 0.2) is 11.5 Å². The Hall–Kier alpha value is -1.000. The fraction of sp³-hybridized carbons (Fsp3) is 0. The zero-order valence-electron chi connectivity index (χ0n) is 9.12. The summed E-state index contributed by atoms with van der Waals surface area (Å²) < 4.78 is 5.45. The third kappa shape index (κ3) is 3.12. The van der Waals surface area contributed by atoms with Crippen molar-refractivity contribution < 1.29 is 14.9 Å². The molecular formula is C12H6Cl4O3. The lowest BCUT2D eigenvalue weighted by atomic mass is 10.3. The van der Waals surface area contributed by atoms with Crippen LogP contribution in [0, 0.1) is 0 Å². The maximum atomic E-state index is 9.43. The smallest absolute Gasteiger partial charge is 0.153 e. The molecule has 0 fully saturated rings. The van der Waals surface area contributed by atoms with E-state index in [4.69, 9.17) is 51.1 Å². The van der Waals surface area contributed by atoms with Gasteiger partial charge in [-0.05, 0) is 0 Å². The first-order valence-electron chi connectivity index (χ1n) is 4.92. The van der Waals surface area contributed by atoms with Crippen LogP contribution in [0.25, 0.3) is 0 Å². The van der Waals surface area contributed by atoms with Crippen LogP contribution in [-0.2, 0) is 0 Å². The van der Waals surface area contributed by atoms with Crippen LogP contribution in [0.5, 0.6) is 23.0 Å². The molecule has 0 bridgehead atoms. The van der Waals surface area contributed by atoms with Crippen molar-refractivity contribution in [2.24, 2.45) is 0 Å². The second-order valence-corrected chi connectivity index (χ2v) is 5.20. The van der Waals surface area contributed by atoms with Crippen LogP contribution in [0.1, 0.15) is 0 Å². The number of phenolic OH excluding ortho intramolecular Hbond substituents is 2. The number of halogens is 4. The van der Waals surface area contributed by atoms with Crippen LogP contribution < -0.4 is 4.74 Å². The molecule has 0 aliphatic heterocycles. The van der Waals surface area contributed by atoms with Crippen molar-refractivity contribution in [2.45, 2.75) is 0 Å². The third-order valence-electron chi connectivity index (χ3n) is 2.22. The normalized spacial score (nSPS) is 10.5. The van der Waals surface area contributed by atoms with E-state index in [1.165, 1.54) is 24.3 Å². The predicted molar refractivity (Wildman–Crippen MR) is 76.3 cm³/mol. The monoisotopic (exact) mass is 338 g/mol. The summed E-state index contributed by atoms with van der Waals surface area (Å²) in [6, 6.07) is 5.55. The molecule has 0 amide bonds. The predicted octanol–water partition coefficient (Wildman–Crippen LogP) is 5.50. The number of phenols is 2. The highest BCUT2D eigenvalue weighted by Crippen LogP contribution is 2.40. The Morgan fingerprint density at radius 2 is 0.895 bits per heavy atom. The molecule has 100 valence electrons. The molecule has 0 atom stereocenters. The molecule has 2 N–H and O–H groups in total. The molecular weight excluding hydrogens is 334 g/mol. The summed E-state index contributed by atoms with van der Waals surface area (Å²) in [5.41, 5.74) is 0. The third-order valence-corrected chi connectivity index (χ3v) is 3.37. The first-order valence-corrected chi connectivity index (χ1v) is 6.43. The highest BCUT2D eigenvalue weighted by Gasteiger charge is 2.11. The maximum Gasteiger partial charge on any atom is 0.153 e. The van der Waals surface area contributed by atoms with Gasteiger partial charge in [0.25, 0.3) is 0 Å². The van der Waals surface area contributed by atoms with E-state index in [2.05, 4.69) is 0 Å². The maximum absolute atomic E-state index is 9.43. The molecule has 19 heavy (non-hydrogen) atoms. The Morgan fingerprint density at radius 3 is 1.16 bits per heavy atom. The first-order chi connectivity index (χ1) is 8.88. The fourth-order valence-corrected chi connectivity index (χ4v) is 2.27. The quantitative estimate of drug-likeness (QED) is 0.759. The second kappa shape index (κ2) is 5.55. The molecule has 0 saturated carbocycles. The lowest BCUT2D eigenvalue weighted by molar-refractivity contribution is 0.459. The molecule has 3 nitrogen and oxygen atoms in total. The van der Waals surface area contributed by atoms with Gasteiger partial charge in [0.1, 0.15) is 11.5 Å². The van der Waals surface area contributed by atoms with Gasteiger partial charge in [0, 0.05) is 24.3 Å². The van der Waals surface area contributed by atoms with Gasteiger partial charge >= 0.3 is 0 Å². The first kappa shape index (κ1) is 14.4. The van der Waals surface area contributed by atoms with Gasteiger partial charge in [0.05, 0.1) is 20.1 Å². The van der Waals surface area contributed by atoms with Gasteiger partial charge in [0.2, 0.25) is 0 Å². The van der Waals surface area contributed by atoms with E-state index in [1.54, 1.807) is 0 Å². The molecule has 0 heterocycles. The van der Waals surface area contributed by atoms with E-state index in [-0.39, 0.29) is 31.6 Å². The minimum absolute atomic E-state index is 0.0541. The summed E-state index contributed by atoms with van der Waals surface area (Å²) in [4.78, 5) is 0. The molecule has 0 radical (unpaired) electrons. The van der Waals surface area contributed by atoms with Crippen molar-refractivity contribution in [3.63, 3.8) is 0 Å². The molecule has 0 aliphatic rings. The number of aromatic hydroxyl groups is 2. The standard InChI is InChI=1S/C12H6Cl4O3/c13-7-1-5(2-8(14)11(7)17)19-6-3-9(15)12(18)10(16)4-6/h1-4,17-18H. The average Bonchev–Trinajstić information content (AvgIpc) is 2.33. The number of hydrogen-bond acceptors (Lipinski definition) is 3. The van der Waals surface area contributed by atoms with Crippen LogP contribution in [0.15, 0.2) is 24.3 Å². The summed E-state index contributed by atoms with van der Waals surface area (Å²) in [7, 11) is 0. The molecule has 0 unspecified atom stereocenters. The van der Waals surface area contributed by atoms with Crippen LogP contribution >= 0.6 is 46.4 Å². The van der Waals surface area contributed by atoms with E-state index < -0.39 is 0 Å². The Morgan fingerprint density at radius 1 is 0.632 bits per heavy atom. The summed E-state index contributed by atoms with van der Waals surface area (Å²) in [6.07, 6.45) is 0. The molecule has 0 aromatic heterocycles. The molecule has 2 rings (SSSR count). The van der Waals surface area contributed by atoms with Crippen LogP contribution in [0.3, 0.4) is 0 Å². The summed E-state index contributed by atoms with van der Waals surface area (Å²) in [5.74, 6) is 0.145. The highest BCUT2D eigenvalue weighted by molar-refractivity contribution is 6.37. The molecule has 2 aromatic carbocycles. The Balaban J connectivity index is 2.36. The summed E-state index contributed by atoms with van der Waals surface area (Å²) in [6.45, 7) is 0. The largest absolute Gasteiger partial charge is 0.505 e. The molecule has 0 spiro atoms. The molecule has 0 aliphatic carbocycles. The van der Waals surface area contributed by atoms with Gasteiger partial charge in [-0.15, -0.1) is 0 Å². The van der Waals surface area contributed by atoms with Gasteiger partial charge in [-0.3, -0.25) is 0 Å². The van der Waals surface area contributed by atoms with Crippen molar-refractivity contribution in [3.8, 4) is 23.0 Å². The Labute approximate surface area is 128 Å². The number of benzene rings is 2. The van der Waals surface area contributed by atoms with Crippen molar-refractivity contribution in [1.82, 2.24) is 0 Å². The number of ether oxygens (including phenoxy) is 1. The molecule has 0 saturated heterocycles. The molecule has 7 heteroatoms. The zero-order chi connectivity index (χ0) is 14.2. The lowest BCUT2D eigenvalue weighted by Crippen LogP contribution is -1.86. The zero-order valence-corrected chi connectivity index (χ0v) is 12.1. The fourth-order valence-electron chi connectivity index (χ4n) is 1.34. The van der Waals surface area contributed by atoms with Crippen LogP contribution in [-0.4, -0.2) is 10.2 Å². The van der Waals surface area contributed by atoms with Gasteiger partial charge in [-0.1, -0.05) is 46.4 Å². The van der Waals surface area contributed by atoms with Crippen molar-refractivity contribution >= 4 is 46.4 Å². The van der Waals surface area contributed by atoms with E-state index in [0.717, 1.165) is 0 Å². The topological polar surface area (TPSA) is 49.7 Å². The van der Waals surface area contributed by atoms with Gasteiger partial charge < -0.3 is 14.9 Å². The van der Waals surface area contributed by atoms with Crippen LogP contribution in [0.4, 0.5) is 0 Å². The molecule has 2 aromatic rings. The van der Waals surface area contributed by atoms with Gasteiger partial charge in [-0.2, -0.15) is 0 Å². The number of hydrogen-bond donors (Lipinski definition) is 2. The SMILES string of the molecule is Oc1c(Cl)cc(Oc2cc(Cl)c(O)c(Cl)c2)cc1Cl. The van der Waals surface area contributed by atoms with Crippen LogP contribution in [0.2, 0.25) is 20.1 Å². The highest BCUT2D eigenvalue weighted by atomic mass is 35.5. The second-order valence-electron chi connectivity index (χ2n) is 3.57. The minimum Gasteiger partial charge on any atom is -0.505 e. The minimum atomic E-state index is -0.225. The van der Waals surface area contributed by atoms with Crippen molar-refractivity contribution in [1.29, 1.82) is 0 Å². The van der Waals surface area contributed by atoms with E-state index in [0.29, 0.717) is 11.5 Å². The van der Waals surface area contributed by atoms with Crippen molar-refractivity contribution in [2.75, 3.05) is 0 Å². The lowest BCUT2D eigenvalue weighted by Gasteiger charge is -2.09. The summed E-state index contributed by atoms with van der Waals surface area (Å²) >= 11 is 23.1. The van der Waals surface area contributed by atoms with E-state index in [1.807, 2.05) is 0 Å². The Bertz CT molecular complexity index is 541. The van der Waals surface area contributed by atoms with Gasteiger partial charge in [-0.25, -0.2) is 0 Å². The Kier molecular flexibility index (Phi) is 4.21. The van der Waals surface area contributed by atoms with Crippen molar-refractivity contribution in [3.05, 3.63) is 44.4 Å². The van der Waals surface area contributed by atoms with E-state index in [9.17, 15) is 10.2 Å². The average molecular weight is 340 g/mol. The summed E-state index contributed by atoms with van der Waals surface area (Å²) in [5, 5.41) is 19.1.